The summed E-state index contributed by atoms with van der Waals surface area (Å²) in [6.07, 6.45) is 1.07. The molecule has 0 radical (unpaired) electrons. The van der Waals surface area contributed by atoms with Crippen LogP contribution < -0.4 is 4.74 Å². The average Bonchev–Trinajstić information content (AvgIpc) is 2.49. The standard InChI is InChI=1S/C16H26N2O2/c1-14(13-15-3-5-16(20-2)6-4-15)18-9-7-17(8-10-18)11-12-19/h3-6,14,19H,7-13H2,1-2H3/t14-/m1/s1. The highest BCUT2D eigenvalue weighted by molar-refractivity contribution is 5.27. The Bertz CT molecular complexity index is 386. The molecule has 1 saturated heterocycles. The molecular weight excluding hydrogens is 252 g/mol. The summed E-state index contributed by atoms with van der Waals surface area (Å²) in [5, 5.41) is 8.97. The quantitative estimate of drug-likeness (QED) is 0.849. The molecule has 1 atom stereocenters. The molecule has 1 aromatic carbocycles. The number of rotatable bonds is 6. The average molecular weight is 278 g/mol. The van der Waals surface area contributed by atoms with E-state index in [0.29, 0.717) is 6.04 Å². The molecule has 0 aromatic heterocycles. The van der Waals surface area contributed by atoms with Crippen molar-refractivity contribution >= 4 is 0 Å². The van der Waals surface area contributed by atoms with Crippen LogP contribution in [-0.2, 0) is 6.42 Å². The number of aliphatic hydroxyl groups excluding tert-OH is 1. The minimum Gasteiger partial charge on any atom is -0.497 e. The van der Waals surface area contributed by atoms with Gasteiger partial charge < -0.3 is 9.84 Å². The molecule has 4 nitrogen and oxygen atoms in total. The van der Waals surface area contributed by atoms with Crippen molar-refractivity contribution in [2.75, 3.05) is 46.4 Å². The predicted octanol–water partition coefficient (Wildman–Crippen LogP) is 1.24. The van der Waals surface area contributed by atoms with E-state index in [1.807, 2.05) is 12.1 Å². The molecule has 2 rings (SSSR count). The molecule has 1 aliphatic heterocycles. The molecular formula is C16H26N2O2. The third kappa shape index (κ3) is 4.20. The second-order valence-corrected chi connectivity index (χ2v) is 5.50. The normalized spacial score (nSPS) is 18.9. The maximum atomic E-state index is 8.97. The zero-order valence-corrected chi connectivity index (χ0v) is 12.6. The summed E-state index contributed by atoms with van der Waals surface area (Å²) < 4.78 is 5.19. The van der Waals surface area contributed by atoms with Crippen LogP contribution in [0.2, 0.25) is 0 Å². The molecule has 0 unspecified atom stereocenters. The minimum atomic E-state index is 0.265. The van der Waals surface area contributed by atoms with Crippen LogP contribution in [0.5, 0.6) is 5.75 Å². The van der Waals surface area contributed by atoms with Gasteiger partial charge in [0.1, 0.15) is 5.75 Å². The second-order valence-electron chi connectivity index (χ2n) is 5.50. The van der Waals surface area contributed by atoms with Gasteiger partial charge in [0.25, 0.3) is 0 Å². The zero-order chi connectivity index (χ0) is 14.4. The summed E-state index contributed by atoms with van der Waals surface area (Å²) in [7, 11) is 1.70. The highest BCUT2D eigenvalue weighted by atomic mass is 16.5. The highest BCUT2D eigenvalue weighted by Crippen LogP contribution is 2.15. The van der Waals surface area contributed by atoms with Crippen LogP contribution in [0.25, 0.3) is 0 Å². The molecule has 1 fully saturated rings. The molecule has 1 heterocycles. The monoisotopic (exact) mass is 278 g/mol. The molecule has 0 saturated carbocycles. The molecule has 1 aliphatic rings. The van der Waals surface area contributed by atoms with Gasteiger partial charge in [0.05, 0.1) is 13.7 Å². The third-order valence-corrected chi connectivity index (χ3v) is 4.14. The van der Waals surface area contributed by atoms with E-state index in [4.69, 9.17) is 9.84 Å². The summed E-state index contributed by atoms with van der Waals surface area (Å²) in [5.41, 5.74) is 1.36. The van der Waals surface area contributed by atoms with Crippen molar-refractivity contribution in [2.24, 2.45) is 0 Å². The van der Waals surface area contributed by atoms with Gasteiger partial charge >= 0.3 is 0 Å². The summed E-state index contributed by atoms with van der Waals surface area (Å²) >= 11 is 0. The van der Waals surface area contributed by atoms with Crippen LogP contribution in [0.15, 0.2) is 24.3 Å². The number of methoxy groups -OCH3 is 1. The Labute approximate surface area is 122 Å². The van der Waals surface area contributed by atoms with Crippen LogP contribution in [0, 0.1) is 0 Å². The van der Waals surface area contributed by atoms with Crippen molar-refractivity contribution < 1.29 is 9.84 Å². The smallest absolute Gasteiger partial charge is 0.118 e. The van der Waals surface area contributed by atoms with E-state index < -0.39 is 0 Å². The number of β-amino-alcohol motifs (C(OH)–C–C–N with tert-alkyl or cyclic N) is 1. The minimum absolute atomic E-state index is 0.265. The van der Waals surface area contributed by atoms with E-state index >= 15 is 0 Å². The summed E-state index contributed by atoms with van der Waals surface area (Å²) in [6, 6.07) is 8.91. The van der Waals surface area contributed by atoms with E-state index in [2.05, 4.69) is 28.9 Å². The molecule has 112 valence electrons. The van der Waals surface area contributed by atoms with E-state index in [0.717, 1.165) is 44.9 Å². The topological polar surface area (TPSA) is 35.9 Å². The Morgan fingerprint density at radius 3 is 2.35 bits per heavy atom. The maximum Gasteiger partial charge on any atom is 0.118 e. The zero-order valence-electron chi connectivity index (χ0n) is 12.6. The fraction of sp³-hybridized carbons (Fsp3) is 0.625. The third-order valence-electron chi connectivity index (χ3n) is 4.14. The van der Waals surface area contributed by atoms with Gasteiger partial charge in [-0.3, -0.25) is 9.80 Å². The van der Waals surface area contributed by atoms with Crippen molar-refractivity contribution in [1.82, 2.24) is 9.80 Å². The molecule has 0 aliphatic carbocycles. The number of ether oxygens (including phenoxy) is 1. The first-order valence-electron chi connectivity index (χ1n) is 7.43. The number of hydrogen-bond donors (Lipinski definition) is 1. The lowest BCUT2D eigenvalue weighted by molar-refractivity contribution is 0.0888. The summed E-state index contributed by atoms with van der Waals surface area (Å²) in [6.45, 7) is 7.68. The van der Waals surface area contributed by atoms with Gasteiger partial charge in [0.2, 0.25) is 0 Å². The summed E-state index contributed by atoms with van der Waals surface area (Å²) in [5.74, 6) is 0.916. The van der Waals surface area contributed by atoms with E-state index in [1.54, 1.807) is 7.11 Å². The van der Waals surface area contributed by atoms with Crippen LogP contribution in [0.3, 0.4) is 0 Å². The molecule has 0 bridgehead atoms. The maximum absolute atomic E-state index is 8.97. The van der Waals surface area contributed by atoms with E-state index in [1.165, 1.54) is 5.56 Å². The molecule has 20 heavy (non-hydrogen) atoms. The predicted molar refractivity (Wildman–Crippen MR) is 81.3 cm³/mol. The largest absolute Gasteiger partial charge is 0.497 e. The van der Waals surface area contributed by atoms with Gasteiger partial charge in [0.15, 0.2) is 0 Å². The molecule has 4 heteroatoms. The Morgan fingerprint density at radius 2 is 1.80 bits per heavy atom. The first-order valence-corrected chi connectivity index (χ1v) is 7.43. The second kappa shape index (κ2) is 7.62. The highest BCUT2D eigenvalue weighted by Gasteiger charge is 2.20. The summed E-state index contributed by atoms with van der Waals surface area (Å²) in [4.78, 5) is 4.87. The number of hydrogen-bond acceptors (Lipinski definition) is 4. The fourth-order valence-electron chi connectivity index (χ4n) is 2.80. The molecule has 0 spiro atoms. The van der Waals surface area contributed by atoms with Crippen molar-refractivity contribution in [2.45, 2.75) is 19.4 Å². The Morgan fingerprint density at radius 1 is 1.15 bits per heavy atom. The van der Waals surface area contributed by atoms with Gasteiger partial charge in [-0.05, 0) is 31.0 Å². The van der Waals surface area contributed by atoms with Crippen molar-refractivity contribution in [3.05, 3.63) is 29.8 Å². The van der Waals surface area contributed by atoms with Gasteiger partial charge in [-0.1, -0.05) is 12.1 Å². The Kier molecular flexibility index (Phi) is 5.83. The lowest BCUT2D eigenvalue weighted by Crippen LogP contribution is -2.50. The molecule has 0 amide bonds. The van der Waals surface area contributed by atoms with Crippen molar-refractivity contribution in [3.8, 4) is 5.75 Å². The van der Waals surface area contributed by atoms with E-state index in [-0.39, 0.29) is 6.61 Å². The Hall–Kier alpha value is -1.10. The Balaban J connectivity index is 1.81. The SMILES string of the molecule is COc1ccc(C[C@@H](C)N2CCN(CCO)CC2)cc1. The van der Waals surface area contributed by atoms with Gasteiger partial charge in [-0.15, -0.1) is 0 Å². The molecule has 1 aromatic rings. The van der Waals surface area contributed by atoms with Crippen LogP contribution in [0.1, 0.15) is 12.5 Å². The van der Waals surface area contributed by atoms with Crippen molar-refractivity contribution in [1.29, 1.82) is 0 Å². The first-order chi connectivity index (χ1) is 9.72. The molecule has 1 N–H and O–H groups in total. The number of benzene rings is 1. The lowest BCUT2D eigenvalue weighted by atomic mass is 10.1. The first kappa shape index (κ1) is 15.3. The number of piperazine rings is 1. The number of nitrogens with zero attached hydrogens (tertiary/aromatic N) is 2. The van der Waals surface area contributed by atoms with Crippen LogP contribution >= 0.6 is 0 Å². The lowest BCUT2D eigenvalue weighted by Gasteiger charge is -2.38. The van der Waals surface area contributed by atoms with Crippen LogP contribution in [-0.4, -0.2) is 67.4 Å². The number of aliphatic hydroxyl groups is 1. The fourth-order valence-corrected chi connectivity index (χ4v) is 2.80. The van der Waals surface area contributed by atoms with Crippen LogP contribution in [0.4, 0.5) is 0 Å². The van der Waals surface area contributed by atoms with Gasteiger partial charge in [-0.25, -0.2) is 0 Å². The van der Waals surface area contributed by atoms with E-state index in [9.17, 15) is 0 Å². The van der Waals surface area contributed by atoms with Gasteiger partial charge in [0, 0.05) is 38.8 Å². The van der Waals surface area contributed by atoms with Crippen molar-refractivity contribution in [3.63, 3.8) is 0 Å². The van der Waals surface area contributed by atoms with Gasteiger partial charge in [-0.2, -0.15) is 0 Å².